The summed E-state index contributed by atoms with van der Waals surface area (Å²) in [7, 11) is 0. The van der Waals surface area contributed by atoms with Gasteiger partial charge in [0, 0.05) is 25.2 Å². The van der Waals surface area contributed by atoms with Crippen LogP contribution in [0.15, 0.2) is 36.9 Å². The van der Waals surface area contributed by atoms with Crippen molar-refractivity contribution in [3.63, 3.8) is 0 Å². The smallest absolute Gasteiger partial charge is 0.137 e. The molecule has 0 radical (unpaired) electrons. The summed E-state index contributed by atoms with van der Waals surface area (Å²) in [4.78, 5) is 6.24. The molecule has 1 N–H and O–H groups in total. The van der Waals surface area contributed by atoms with Crippen molar-refractivity contribution in [3.05, 3.63) is 48.3 Å². The van der Waals surface area contributed by atoms with Gasteiger partial charge in [0.2, 0.25) is 0 Å². The van der Waals surface area contributed by atoms with Gasteiger partial charge in [-0.1, -0.05) is 18.2 Å². The molecule has 3 rings (SSSR count). The van der Waals surface area contributed by atoms with Crippen LogP contribution < -0.4 is 0 Å². The number of β-amino-alcohol motifs (C(OH)–C–C–N with tert-alkyl or cyclic N) is 1. The minimum Gasteiger partial charge on any atom is -0.389 e. The fraction of sp³-hybridized carbons (Fsp3) is 0.556. The summed E-state index contributed by atoms with van der Waals surface area (Å²) in [5.74, 6) is 0.242. The molecule has 1 aromatic heterocycles. The van der Waals surface area contributed by atoms with Crippen molar-refractivity contribution in [2.45, 2.75) is 32.1 Å². The molecule has 2 aromatic rings. The number of aromatic nitrogens is 3. The number of nitrogens with zero attached hydrogens (tertiary/aromatic N) is 4. The van der Waals surface area contributed by atoms with Crippen LogP contribution in [0.1, 0.15) is 18.4 Å². The molecule has 1 aromatic carbocycles. The van der Waals surface area contributed by atoms with Crippen molar-refractivity contribution in [3.8, 4) is 0 Å². The van der Waals surface area contributed by atoms with Gasteiger partial charge in [-0.3, -0.25) is 4.68 Å². The molecule has 2 heterocycles. The number of hydrogen-bond donors (Lipinski definition) is 1. The molecular formula is C18H25FN4O2. The molecule has 1 aliphatic heterocycles. The molecule has 136 valence electrons. The SMILES string of the molecule is O[C@H](COCc1ccccc1F)CN1CCC[C@H](Cn2cncn2)C1. The third kappa shape index (κ3) is 5.59. The topological polar surface area (TPSA) is 63.4 Å². The van der Waals surface area contributed by atoms with E-state index in [1.165, 1.54) is 6.07 Å². The fourth-order valence-electron chi connectivity index (χ4n) is 3.33. The lowest BCUT2D eigenvalue weighted by Crippen LogP contribution is -2.42. The molecule has 1 saturated heterocycles. The molecule has 2 atom stereocenters. The van der Waals surface area contributed by atoms with Crippen LogP contribution in [0.5, 0.6) is 0 Å². The number of aliphatic hydroxyl groups is 1. The van der Waals surface area contributed by atoms with Gasteiger partial charge in [-0.25, -0.2) is 9.37 Å². The molecular weight excluding hydrogens is 323 g/mol. The van der Waals surface area contributed by atoms with Crippen LogP contribution in [0.25, 0.3) is 0 Å². The number of piperidine rings is 1. The van der Waals surface area contributed by atoms with Gasteiger partial charge >= 0.3 is 0 Å². The van der Waals surface area contributed by atoms with E-state index in [0.717, 1.165) is 32.5 Å². The van der Waals surface area contributed by atoms with Crippen LogP contribution in [0.4, 0.5) is 4.39 Å². The maximum absolute atomic E-state index is 13.5. The van der Waals surface area contributed by atoms with Crippen LogP contribution in [-0.2, 0) is 17.9 Å². The van der Waals surface area contributed by atoms with Crippen molar-refractivity contribution in [2.24, 2.45) is 5.92 Å². The molecule has 0 unspecified atom stereocenters. The molecule has 25 heavy (non-hydrogen) atoms. The average Bonchev–Trinajstić information content (AvgIpc) is 3.10. The third-order valence-corrected chi connectivity index (χ3v) is 4.51. The first kappa shape index (κ1) is 18.0. The molecule has 6 nitrogen and oxygen atoms in total. The van der Waals surface area contributed by atoms with E-state index in [2.05, 4.69) is 15.0 Å². The summed E-state index contributed by atoms with van der Waals surface area (Å²) < 4.78 is 20.9. The number of likely N-dealkylation sites (tertiary alicyclic amines) is 1. The zero-order valence-corrected chi connectivity index (χ0v) is 14.3. The Morgan fingerprint density at radius 1 is 1.36 bits per heavy atom. The van der Waals surface area contributed by atoms with Gasteiger partial charge in [0.25, 0.3) is 0 Å². The number of hydrogen-bond acceptors (Lipinski definition) is 5. The highest BCUT2D eigenvalue weighted by Crippen LogP contribution is 2.18. The molecule has 0 spiro atoms. The zero-order chi connectivity index (χ0) is 17.5. The Hall–Kier alpha value is -1.83. The van der Waals surface area contributed by atoms with Crippen molar-refractivity contribution >= 4 is 0 Å². The van der Waals surface area contributed by atoms with Gasteiger partial charge in [-0.15, -0.1) is 0 Å². The van der Waals surface area contributed by atoms with E-state index in [1.807, 2.05) is 4.68 Å². The predicted octanol–water partition coefficient (Wildman–Crippen LogP) is 1.71. The second-order valence-electron chi connectivity index (χ2n) is 6.65. The summed E-state index contributed by atoms with van der Waals surface area (Å²) in [5, 5.41) is 14.4. The normalized spacial score (nSPS) is 19.8. The van der Waals surface area contributed by atoms with E-state index >= 15 is 0 Å². The van der Waals surface area contributed by atoms with Gasteiger partial charge in [0.15, 0.2) is 0 Å². The van der Waals surface area contributed by atoms with Gasteiger partial charge in [0.05, 0.1) is 19.3 Å². The van der Waals surface area contributed by atoms with Crippen molar-refractivity contribution in [1.29, 1.82) is 0 Å². The minimum atomic E-state index is -0.572. The zero-order valence-electron chi connectivity index (χ0n) is 14.3. The maximum atomic E-state index is 13.5. The second-order valence-corrected chi connectivity index (χ2v) is 6.65. The van der Waals surface area contributed by atoms with Crippen LogP contribution in [0.3, 0.4) is 0 Å². The lowest BCUT2D eigenvalue weighted by molar-refractivity contribution is 0.00149. The number of halogens is 1. The lowest BCUT2D eigenvalue weighted by atomic mass is 9.98. The number of ether oxygens (including phenoxy) is 1. The average molecular weight is 348 g/mol. The van der Waals surface area contributed by atoms with E-state index in [9.17, 15) is 9.50 Å². The van der Waals surface area contributed by atoms with Crippen molar-refractivity contribution in [2.75, 3.05) is 26.2 Å². The highest BCUT2D eigenvalue weighted by Gasteiger charge is 2.22. The highest BCUT2D eigenvalue weighted by atomic mass is 19.1. The Labute approximate surface area is 147 Å². The first-order valence-electron chi connectivity index (χ1n) is 8.74. The van der Waals surface area contributed by atoms with E-state index in [-0.39, 0.29) is 19.0 Å². The molecule has 0 bridgehead atoms. The van der Waals surface area contributed by atoms with Gasteiger partial charge in [-0.2, -0.15) is 5.10 Å². The minimum absolute atomic E-state index is 0.179. The third-order valence-electron chi connectivity index (χ3n) is 4.51. The summed E-state index contributed by atoms with van der Waals surface area (Å²) in [6.45, 7) is 3.74. The van der Waals surface area contributed by atoms with Gasteiger partial charge in [-0.05, 0) is 31.4 Å². The number of aliphatic hydroxyl groups excluding tert-OH is 1. The number of benzene rings is 1. The molecule has 7 heteroatoms. The standard InChI is InChI=1S/C18H25FN4O2/c19-18-6-2-1-5-16(18)11-25-12-17(24)10-22-7-3-4-15(8-22)9-23-14-20-13-21-23/h1-2,5-6,13-15,17,24H,3-4,7-12H2/t15-,17-/m0/s1. The lowest BCUT2D eigenvalue weighted by Gasteiger charge is -2.33. The molecule has 1 aliphatic rings. The molecule has 0 amide bonds. The molecule has 1 fully saturated rings. The summed E-state index contributed by atoms with van der Waals surface area (Å²) >= 11 is 0. The van der Waals surface area contributed by atoms with E-state index in [0.29, 0.717) is 18.0 Å². The first-order valence-corrected chi connectivity index (χ1v) is 8.74. The summed E-state index contributed by atoms with van der Waals surface area (Å²) in [6, 6.07) is 6.54. The van der Waals surface area contributed by atoms with Gasteiger partial charge < -0.3 is 14.7 Å². The predicted molar refractivity (Wildman–Crippen MR) is 91.2 cm³/mol. The summed E-state index contributed by atoms with van der Waals surface area (Å²) in [5.41, 5.74) is 0.514. The van der Waals surface area contributed by atoms with Crippen LogP contribution >= 0.6 is 0 Å². The Morgan fingerprint density at radius 2 is 2.24 bits per heavy atom. The number of rotatable bonds is 8. The molecule has 0 aliphatic carbocycles. The van der Waals surface area contributed by atoms with Crippen LogP contribution in [0, 0.1) is 11.7 Å². The van der Waals surface area contributed by atoms with Crippen LogP contribution in [-0.4, -0.2) is 57.1 Å². The van der Waals surface area contributed by atoms with Crippen molar-refractivity contribution in [1.82, 2.24) is 19.7 Å². The fourth-order valence-corrected chi connectivity index (χ4v) is 3.33. The largest absolute Gasteiger partial charge is 0.389 e. The monoisotopic (exact) mass is 348 g/mol. The highest BCUT2D eigenvalue weighted by molar-refractivity contribution is 5.16. The quantitative estimate of drug-likeness (QED) is 0.787. The van der Waals surface area contributed by atoms with Crippen LogP contribution in [0.2, 0.25) is 0 Å². The maximum Gasteiger partial charge on any atom is 0.137 e. The summed E-state index contributed by atoms with van der Waals surface area (Å²) in [6.07, 6.45) is 5.00. The first-order chi connectivity index (χ1) is 12.2. The Kier molecular flexibility index (Phi) is 6.49. The van der Waals surface area contributed by atoms with E-state index in [4.69, 9.17) is 4.74 Å². The van der Waals surface area contributed by atoms with E-state index < -0.39 is 6.10 Å². The van der Waals surface area contributed by atoms with Gasteiger partial charge in [0.1, 0.15) is 18.5 Å². The van der Waals surface area contributed by atoms with E-state index in [1.54, 1.807) is 30.9 Å². The second kappa shape index (κ2) is 9.03. The Balaban J connectivity index is 1.38. The Bertz CT molecular complexity index is 638. The molecule has 0 saturated carbocycles. The van der Waals surface area contributed by atoms with Crippen molar-refractivity contribution < 1.29 is 14.2 Å². The Morgan fingerprint density at radius 3 is 3.04 bits per heavy atom.